The quantitative estimate of drug-likeness (QED) is 0.733. The summed E-state index contributed by atoms with van der Waals surface area (Å²) in [7, 11) is 0. The number of aromatic nitrogens is 2. The molecule has 1 N–H and O–H groups in total. The Morgan fingerprint density at radius 2 is 2.08 bits per heavy atom. The molecule has 1 atom stereocenters. The van der Waals surface area contributed by atoms with Gasteiger partial charge in [-0.1, -0.05) is 0 Å². The number of aromatic hydroxyl groups is 1. The minimum atomic E-state index is 0.276. The fourth-order valence-corrected chi connectivity index (χ4v) is 4.29. The lowest BCUT2D eigenvalue weighted by atomic mass is 10.2. The molecule has 3 aromatic rings. The molecule has 1 aliphatic heterocycles. The van der Waals surface area contributed by atoms with Crippen LogP contribution >= 0.6 is 11.3 Å². The zero-order valence-corrected chi connectivity index (χ0v) is 15.3. The van der Waals surface area contributed by atoms with Gasteiger partial charge in [0.25, 0.3) is 0 Å². The second-order valence-corrected chi connectivity index (χ2v) is 7.47. The van der Waals surface area contributed by atoms with E-state index in [0.29, 0.717) is 6.10 Å². The standard InChI is InChI=1S/C20H22N2O2S/c1-13-10-18(14(2)22(13)11-17-4-3-9-24-17)19-12-25-20(21-19)15-5-7-16(23)8-6-15/h5-8,10,12,17,23H,3-4,9,11H2,1-2H3/t17-/m1/s1. The molecule has 0 saturated carbocycles. The Bertz CT molecular complexity index is 874. The number of phenolic OH excluding ortho intramolecular Hbond substituents is 1. The van der Waals surface area contributed by atoms with Crippen LogP contribution in [0.3, 0.4) is 0 Å². The average Bonchev–Trinajstić information content (AvgIpc) is 3.33. The van der Waals surface area contributed by atoms with E-state index in [1.807, 2.05) is 12.1 Å². The largest absolute Gasteiger partial charge is 0.508 e. The van der Waals surface area contributed by atoms with Crippen LogP contribution in [-0.2, 0) is 11.3 Å². The fourth-order valence-electron chi connectivity index (χ4n) is 3.47. The zero-order chi connectivity index (χ0) is 17.4. The third-order valence-corrected chi connectivity index (χ3v) is 5.77. The van der Waals surface area contributed by atoms with Gasteiger partial charge in [0.1, 0.15) is 10.8 Å². The van der Waals surface area contributed by atoms with E-state index in [1.54, 1.807) is 23.5 Å². The Hall–Kier alpha value is -2.11. The number of nitrogens with zero attached hydrogens (tertiary/aromatic N) is 2. The molecule has 0 aliphatic carbocycles. The third kappa shape index (κ3) is 3.22. The van der Waals surface area contributed by atoms with Crippen molar-refractivity contribution in [3.63, 3.8) is 0 Å². The normalized spacial score (nSPS) is 17.3. The summed E-state index contributed by atoms with van der Waals surface area (Å²) in [5.74, 6) is 0.276. The highest BCUT2D eigenvalue weighted by Gasteiger charge is 2.20. The van der Waals surface area contributed by atoms with Crippen molar-refractivity contribution in [2.45, 2.75) is 39.3 Å². The van der Waals surface area contributed by atoms with Crippen molar-refractivity contribution < 1.29 is 9.84 Å². The Morgan fingerprint density at radius 3 is 2.80 bits per heavy atom. The highest BCUT2D eigenvalue weighted by atomic mass is 32.1. The number of phenols is 1. The lowest BCUT2D eigenvalue weighted by Gasteiger charge is -2.14. The maximum absolute atomic E-state index is 9.44. The van der Waals surface area contributed by atoms with Crippen molar-refractivity contribution in [1.82, 2.24) is 9.55 Å². The van der Waals surface area contributed by atoms with E-state index in [4.69, 9.17) is 9.72 Å². The van der Waals surface area contributed by atoms with Crippen LogP contribution in [0, 0.1) is 13.8 Å². The highest BCUT2D eigenvalue weighted by molar-refractivity contribution is 7.13. The number of hydrogen-bond acceptors (Lipinski definition) is 4. The Kier molecular flexibility index (Phi) is 4.36. The molecule has 0 radical (unpaired) electrons. The van der Waals surface area contributed by atoms with Crippen LogP contribution in [0.2, 0.25) is 0 Å². The van der Waals surface area contributed by atoms with Gasteiger partial charge in [0.15, 0.2) is 0 Å². The van der Waals surface area contributed by atoms with Crippen LogP contribution in [0.1, 0.15) is 24.2 Å². The minimum Gasteiger partial charge on any atom is -0.508 e. The maximum Gasteiger partial charge on any atom is 0.124 e. The van der Waals surface area contributed by atoms with Gasteiger partial charge in [-0.3, -0.25) is 0 Å². The molecule has 1 aliphatic rings. The van der Waals surface area contributed by atoms with E-state index >= 15 is 0 Å². The SMILES string of the molecule is Cc1cc(-c2csc(-c3ccc(O)cc3)n2)c(C)n1C[C@H]1CCCO1. The van der Waals surface area contributed by atoms with Crippen molar-refractivity contribution in [2.75, 3.05) is 6.61 Å². The number of rotatable bonds is 4. The van der Waals surface area contributed by atoms with Crippen molar-refractivity contribution in [2.24, 2.45) is 0 Å². The molecule has 1 fully saturated rings. The molecular formula is C20H22N2O2S. The van der Waals surface area contributed by atoms with Gasteiger partial charge in [0, 0.05) is 41.0 Å². The molecule has 0 bridgehead atoms. The number of hydrogen-bond donors (Lipinski definition) is 1. The van der Waals surface area contributed by atoms with Crippen molar-refractivity contribution in [3.8, 4) is 27.6 Å². The van der Waals surface area contributed by atoms with E-state index in [-0.39, 0.29) is 5.75 Å². The number of aryl methyl sites for hydroxylation is 1. The van der Waals surface area contributed by atoms with Gasteiger partial charge in [-0.05, 0) is 57.0 Å². The predicted molar refractivity (Wildman–Crippen MR) is 101 cm³/mol. The molecule has 4 rings (SSSR count). The summed E-state index contributed by atoms with van der Waals surface area (Å²) in [6.07, 6.45) is 2.65. The van der Waals surface area contributed by atoms with E-state index < -0.39 is 0 Å². The van der Waals surface area contributed by atoms with Crippen LogP contribution < -0.4 is 0 Å². The van der Waals surface area contributed by atoms with Crippen LogP contribution in [-0.4, -0.2) is 27.4 Å². The molecular weight excluding hydrogens is 332 g/mol. The van der Waals surface area contributed by atoms with E-state index in [1.165, 1.54) is 23.4 Å². The van der Waals surface area contributed by atoms with Gasteiger partial charge in [0.2, 0.25) is 0 Å². The zero-order valence-electron chi connectivity index (χ0n) is 14.5. The lowest BCUT2D eigenvalue weighted by Crippen LogP contribution is -2.16. The summed E-state index contributed by atoms with van der Waals surface area (Å²) in [5, 5.41) is 12.5. The van der Waals surface area contributed by atoms with Crippen LogP contribution in [0.4, 0.5) is 0 Å². The molecule has 130 valence electrons. The van der Waals surface area contributed by atoms with Gasteiger partial charge in [-0.15, -0.1) is 11.3 Å². The second-order valence-electron chi connectivity index (χ2n) is 6.62. The first-order valence-corrected chi connectivity index (χ1v) is 9.53. The highest BCUT2D eigenvalue weighted by Crippen LogP contribution is 2.33. The monoisotopic (exact) mass is 354 g/mol. The number of benzene rings is 1. The topological polar surface area (TPSA) is 47.3 Å². The number of thiazole rings is 1. The Labute approximate surface area is 151 Å². The molecule has 3 heterocycles. The summed E-state index contributed by atoms with van der Waals surface area (Å²) < 4.78 is 8.15. The maximum atomic E-state index is 9.44. The first-order chi connectivity index (χ1) is 12.1. The van der Waals surface area contributed by atoms with Gasteiger partial charge < -0.3 is 14.4 Å². The fraction of sp³-hybridized carbons (Fsp3) is 0.350. The molecule has 0 spiro atoms. The molecule has 25 heavy (non-hydrogen) atoms. The molecule has 2 aromatic heterocycles. The first kappa shape index (κ1) is 16.4. The first-order valence-electron chi connectivity index (χ1n) is 8.65. The van der Waals surface area contributed by atoms with Crippen LogP contribution in [0.5, 0.6) is 5.75 Å². The smallest absolute Gasteiger partial charge is 0.124 e. The summed E-state index contributed by atoms with van der Waals surface area (Å²) >= 11 is 1.63. The molecule has 0 unspecified atom stereocenters. The van der Waals surface area contributed by atoms with Crippen LogP contribution in [0.15, 0.2) is 35.7 Å². The van der Waals surface area contributed by atoms with E-state index in [0.717, 1.165) is 35.8 Å². The second kappa shape index (κ2) is 6.65. The third-order valence-electron chi connectivity index (χ3n) is 4.88. The van der Waals surface area contributed by atoms with Crippen LogP contribution in [0.25, 0.3) is 21.8 Å². The molecule has 0 amide bonds. The van der Waals surface area contributed by atoms with Gasteiger partial charge in [0.05, 0.1) is 11.8 Å². The van der Waals surface area contributed by atoms with Gasteiger partial charge >= 0.3 is 0 Å². The molecule has 1 saturated heterocycles. The summed E-state index contributed by atoms with van der Waals surface area (Å²) in [6, 6.07) is 9.42. The van der Waals surface area contributed by atoms with E-state index in [9.17, 15) is 5.11 Å². The minimum absolute atomic E-state index is 0.276. The summed E-state index contributed by atoms with van der Waals surface area (Å²) in [6.45, 7) is 6.13. The molecule has 1 aromatic carbocycles. The molecule has 5 heteroatoms. The Morgan fingerprint density at radius 1 is 1.28 bits per heavy atom. The summed E-state index contributed by atoms with van der Waals surface area (Å²) in [4.78, 5) is 4.82. The average molecular weight is 354 g/mol. The lowest BCUT2D eigenvalue weighted by molar-refractivity contribution is 0.0962. The number of ether oxygens (including phenoxy) is 1. The van der Waals surface area contributed by atoms with Crippen molar-refractivity contribution in [1.29, 1.82) is 0 Å². The van der Waals surface area contributed by atoms with E-state index in [2.05, 4.69) is 29.9 Å². The van der Waals surface area contributed by atoms with Gasteiger partial charge in [-0.2, -0.15) is 0 Å². The van der Waals surface area contributed by atoms with Crippen molar-refractivity contribution in [3.05, 3.63) is 47.1 Å². The summed E-state index contributed by atoms with van der Waals surface area (Å²) in [5.41, 5.74) is 5.73. The van der Waals surface area contributed by atoms with Gasteiger partial charge in [-0.25, -0.2) is 4.98 Å². The molecule has 4 nitrogen and oxygen atoms in total. The van der Waals surface area contributed by atoms with Crippen molar-refractivity contribution >= 4 is 11.3 Å². The Balaban J connectivity index is 1.63. The predicted octanol–water partition coefficient (Wildman–Crippen LogP) is 4.78.